The smallest absolute Gasteiger partial charge is 1.00 e. The maximum absolute atomic E-state index is 13.3. The van der Waals surface area contributed by atoms with Gasteiger partial charge in [-0.15, -0.1) is 11.3 Å². The molecule has 0 aliphatic carbocycles. The molecule has 0 fully saturated rings. The van der Waals surface area contributed by atoms with Crippen LogP contribution in [0, 0.1) is 6.92 Å². The number of carboxylic acids is 1. The molecule has 9 heteroatoms. The molecule has 204 valence electrons. The van der Waals surface area contributed by atoms with Crippen molar-refractivity contribution in [3.8, 4) is 11.1 Å². The van der Waals surface area contributed by atoms with Gasteiger partial charge in [0.15, 0.2) is 0 Å². The Balaban J connectivity index is 0.00000294. The average molecular weight is 569 g/mol. The Morgan fingerprint density at radius 1 is 1.05 bits per heavy atom. The van der Waals surface area contributed by atoms with Crippen molar-refractivity contribution in [1.29, 1.82) is 0 Å². The number of carbonyl (C=O) groups is 2. The first-order valence-electron chi connectivity index (χ1n) is 12.7. The van der Waals surface area contributed by atoms with Crippen LogP contribution in [0.15, 0.2) is 84.5 Å². The number of carbonyl (C=O) groups excluding carboxylic acids is 1. The van der Waals surface area contributed by atoms with Crippen LogP contribution in [0.25, 0.3) is 11.1 Å². The normalized spacial score (nSPS) is 12.2. The van der Waals surface area contributed by atoms with Gasteiger partial charge in [0.2, 0.25) is 0 Å². The predicted octanol–water partition coefficient (Wildman–Crippen LogP) is 3.67. The fraction of sp³-hybridized carbons (Fsp3) is 0.258. The molecule has 4 aromatic rings. The van der Waals surface area contributed by atoms with Crippen LogP contribution in [-0.4, -0.2) is 40.0 Å². The zero-order valence-electron chi connectivity index (χ0n) is 24.0. The number of nitrogens with zero attached hydrogens (tertiary/aromatic N) is 1. The summed E-state index contributed by atoms with van der Waals surface area (Å²) in [5, 5.41) is 12.4. The minimum Gasteiger partial charge on any atom is -1.00 e. The van der Waals surface area contributed by atoms with E-state index in [0.29, 0.717) is 24.3 Å². The number of ether oxygens (including phenoxy) is 1. The Hall–Kier alpha value is -2.86. The van der Waals surface area contributed by atoms with Crippen molar-refractivity contribution in [2.24, 2.45) is 0 Å². The van der Waals surface area contributed by atoms with Gasteiger partial charge in [-0.05, 0) is 65.3 Å². The number of hydrogen-bond acceptors (Lipinski definition) is 6. The molecule has 0 aliphatic heterocycles. The molecule has 1 unspecified atom stereocenters. The zero-order chi connectivity index (χ0) is 27.6. The number of thioether (sulfide) groups is 1. The largest absolute Gasteiger partial charge is 1.00 e. The van der Waals surface area contributed by atoms with Gasteiger partial charge in [0.1, 0.15) is 6.04 Å². The van der Waals surface area contributed by atoms with Crippen molar-refractivity contribution in [2.45, 2.75) is 38.5 Å². The summed E-state index contributed by atoms with van der Waals surface area (Å²) in [5.74, 6) is -0.796. The van der Waals surface area contributed by atoms with E-state index in [1.165, 1.54) is 5.56 Å². The maximum Gasteiger partial charge on any atom is 1.00 e. The third-order valence-electron chi connectivity index (χ3n) is 6.46. The molecule has 40 heavy (non-hydrogen) atoms. The summed E-state index contributed by atoms with van der Waals surface area (Å²) in [6, 6.07) is 22.7. The van der Waals surface area contributed by atoms with E-state index in [9.17, 15) is 14.7 Å². The SMILES string of the molecule is CSCC[C@H](NC(=O)c1ccc(COC(Cc2ccccc2)c2cncs2)cc1-c1ccccc1C)C(=O)O.[H-].[Li+]. The van der Waals surface area contributed by atoms with Crippen LogP contribution in [0.3, 0.4) is 0 Å². The molecule has 0 saturated carbocycles. The van der Waals surface area contributed by atoms with Crippen LogP contribution < -0.4 is 24.2 Å². The van der Waals surface area contributed by atoms with E-state index < -0.39 is 17.9 Å². The molecule has 0 radical (unpaired) electrons. The number of rotatable bonds is 13. The van der Waals surface area contributed by atoms with Crippen molar-refractivity contribution < 1.29 is 39.7 Å². The second kappa shape index (κ2) is 15.8. The molecule has 1 heterocycles. The third-order valence-corrected chi connectivity index (χ3v) is 7.97. The molecule has 0 saturated heterocycles. The minimum absolute atomic E-state index is 0. The van der Waals surface area contributed by atoms with E-state index in [1.54, 1.807) is 29.2 Å². The Bertz CT molecular complexity index is 1390. The van der Waals surface area contributed by atoms with Gasteiger partial charge in [-0.25, -0.2) is 4.79 Å². The van der Waals surface area contributed by atoms with Crippen LogP contribution in [-0.2, 0) is 22.6 Å². The molecule has 0 bridgehead atoms. The fourth-order valence-corrected chi connectivity index (χ4v) is 5.50. The number of aromatic nitrogens is 1. The van der Waals surface area contributed by atoms with Crippen LogP contribution in [0.4, 0.5) is 0 Å². The van der Waals surface area contributed by atoms with Gasteiger partial charge >= 0.3 is 24.8 Å². The van der Waals surface area contributed by atoms with Crippen LogP contribution in [0.5, 0.6) is 0 Å². The van der Waals surface area contributed by atoms with Crippen molar-refractivity contribution in [3.05, 3.63) is 112 Å². The van der Waals surface area contributed by atoms with Crippen molar-refractivity contribution in [3.63, 3.8) is 0 Å². The standard InChI is InChI=1S/C31H32N2O4S2.Li.H/c1-21-8-6-7-11-24(21)26-16-23(12-13-25(26)30(34)33-27(31(35)36)14-15-38-2)19-37-28(29-18-32-20-39-29)17-22-9-4-3-5-10-22;;/h3-13,16,18,20,27-28H,14-15,17,19H2,1-2H3,(H,33,34)(H,35,36);;/q;+1;-1/t27-,28?;;/m0../s1. The number of carboxylic acid groups (broad SMARTS) is 1. The molecule has 1 amide bonds. The Morgan fingerprint density at radius 3 is 2.48 bits per heavy atom. The molecule has 3 aromatic carbocycles. The molecule has 2 atom stereocenters. The molecular weight excluding hydrogens is 535 g/mol. The summed E-state index contributed by atoms with van der Waals surface area (Å²) < 4.78 is 6.43. The third kappa shape index (κ3) is 8.57. The molecule has 0 aliphatic rings. The summed E-state index contributed by atoms with van der Waals surface area (Å²) >= 11 is 3.12. The van der Waals surface area contributed by atoms with Crippen molar-refractivity contribution in [1.82, 2.24) is 10.3 Å². The number of thiazole rings is 1. The van der Waals surface area contributed by atoms with Gasteiger partial charge in [-0.1, -0.05) is 60.7 Å². The number of amides is 1. The molecule has 0 spiro atoms. The van der Waals surface area contributed by atoms with E-state index in [0.717, 1.165) is 33.6 Å². The molecule has 6 nitrogen and oxygen atoms in total. The second-order valence-electron chi connectivity index (χ2n) is 9.23. The first-order valence-corrected chi connectivity index (χ1v) is 15.0. The molecule has 4 rings (SSSR count). The molecule has 2 N–H and O–H groups in total. The second-order valence-corrected chi connectivity index (χ2v) is 11.1. The van der Waals surface area contributed by atoms with E-state index in [1.807, 2.05) is 79.5 Å². The number of aliphatic carboxylic acids is 1. The van der Waals surface area contributed by atoms with E-state index >= 15 is 0 Å². The van der Waals surface area contributed by atoms with Gasteiger partial charge < -0.3 is 16.6 Å². The van der Waals surface area contributed by atoms with Crippen molar-refractivity contribution >= 4 is 35.0 Å². The van der Waals surface area contributed by atoms with Gasteiger partial charge in [0.25, 0.3) is 5.91 Å². The van der Waals surface area contributed by atoms with E-state index in [4.69, 9.17) is 4.74 Å². The van der Waals surface area contributed by atoms with Gasteiger partial charge in [-0.2, -0.15) is 11.8 Å². The summed E-state index contributed by atoms with van der Waals surface area (Å²) in [7, 11) is 0. The van der Waals surface area contributed by atoms with E-state index in [-0.39, 0.29) is 26.4 Å². The van der Waals surface area contributed by atoms with Gasteiger partial charge in [0, 0.05) is 18.2 Å². The Kier molecular flexibility index (Phi) is 12.5. The quantitative estimate of drug-likeness (QED) is 0.239. The monoisotopic (exact) mass is 568 g/mol. The van der Waals surface area contributed by atoms with Gasteiger partial charge in [0.05, 0.1) is 23.1 Å². The molecule has 1 aromatic heterocycles. The predicted molar refractivity (Wildman–Crippen MR) is 159 cm³/mol. The minimum atomic E-state index is -1.03. The summed E-state index contributed by atoms with van der Waals surface area (Å²) in [6.45, 7) is 2.35. The first kappa shape index (κ1) is 31.7. The van der Waals surface area contributed by atoms with Crippen LogP contribution >= 0.6 is 23.1 Å². The Morgan fingerprint density at radius 2 is 1.80 bits per heavy atom. The topological polar surface area (TPSA) is 88.5 Å². The number of benzene rings is 3. The molecular formula is C31H33LiN2O4S2. The summed E-state index contributed by atoms with van der Waals surface area (Å²) in [6.07, 6.45) is 4.68. The van der Waals surface area contributed by atoms with Gasteiger partial charge in [-0.3, -0.25) is 9.78 Å². The number of aryl methyl sites for hydroxylation is 1. The first-order chi connectivity index (χ1) is 19.0. The van der Waals surface area contributed by atoms with Crippen molar-refractivity contribution in [2.75, 3.05) is 12.0 Å². The fourth-order valence-electron chi connectivity index (χ4n) is 4.36. The van der Waals surface area contributed by atoms with Crippen LogP contribution in [0.1, 0.15) is 45.9 Å². The number of nitrogens with one attached hydrogen (secondary N) is 1. The Labute approximate surface area is 257 Å². The number of hydrogen-bond donors (Lipinski definition) is 2. The van der Waals surface area contributed by atoms with Crippen LogP contribution in [0.2, 0.25) is 0 Å². The summed E-state index contributed by atoms with van der Waals surface area (Å²) in [5.41, 5.74) is 7.04. The zero-order valence-corrected chi connectivity index (χ0v) is 24.6. The average Bonchev–Trinajstić information content (AvgIpc) is 3.49. The summed E-state index contributed by atoms with van der Waals surface area (Å²) in [4.78, 5) is 30.4. The maximum atomic E-state index is 13.3. The van der Waals surface area contributed by atoms with E-state index in [2.05, 4.69) is 22.4 Å².